The van der Waals surface area contributed by atoms with Crippen molar-refractivity contribution >= 4 is 12.0 Å². The lowest BCUT2D eigenvalue weighted by Crippen LogP contribution is -2.05. The van der Waals surface area contributed by atoms with Gasteiger partial charge < -0.3 is 5.73 Å². The molecule has 3 heteroatoms. The Morgan fingerprint density at radius 2 is 2.42 bits per heavy atom. The first-order valence-electron chi connectivity index (χ1n) is 3.58. The zero-order valence-corrected chi connectivity index (χ0v) is 6.82. The van der Waals surface area contributed by atoms with Crippen molar-refractivity contribution in [3.63, 3.8) is 0 Å². The summed E-state index contributed by atoms with van der Waals surface area (Å²) < 4.78 is 0. The Balaban J connectivity index is 2.89. The number of nitrogens with zero attached hydrogens (tertiary/aromatic N) is 1. The minimum absolute atomic E-state index is 0.446. The Morgan fingerprint density at radius 1 is 1.67 bits per heavy atom. The van der Waals surface area contributed by atoms with E-state index in [1.807, 2.05) is 13.0 Å². The molecule has 1 rings (SSSR count). The summed E-state index contributed by atoms with van der Waals surface area (Å²) in [6.45, 7) is 1.95. The fourth-order valence-electron chi connectivity index (χ4n) is 0.823. The number of nitrogens with two attached hydrogens (primary N) is 1. The Bertz CT molecular complexity index is 318. The minimum atomic E-state index is -0.446. The summed E-state index contributed by atoms with van der Waals surface area (Å²) in [5, 5.41) is 0. The number of primary amides is 1. The normalized spacial score (nSPS) is 10.4. The van der Waals surface area contributed by atoms with E-state index in [-0.39, 0.29) is 0 Å². The van der Waals surface area contributed by atoms with Gasteiger partial charge in [0.05, 0.1) is 0 Å². The van der Waals surface area contributed by atoms with Crippen LogP contribution in [0.25, 0.3) is 6.08 Å². The zero-order valence-electron chi connectivity index (χ0n) is 6.82. The van der Waals surface area contributed by atoms with Gasteiger partial charge in [-0.25, -0.2) is 0 Å². The van der Waals surface area contributed by atoms with Crippen LogP contribution in [0, 0.1) is 6.92 Å². The quantitative estimate of drug-likeness (QED) is 0.656. The number of carbonyl (C=O) groups excluding carboxylic acids is 1. The lowest BCUT2D eigenvalue weighted by molar-refractivity contribution is -0.113. The van der Waals surface area contributed by atoms with Gasteiger partial charge in [0.1, 0.15) is 0 Å². The number of pyridine rings is 1. The van der Waals surface area contributed by atoms with E-state index in [0.29, 0.717) is 0 Å². The van der Waals surface area contributed by atoms with Crippen molar-refractivity contribution in [1.29, 1.82) is 0 Å². The van der Waals surface area contributed by atoms with Gasteiger partial charge in [0.15, 0.2) is 0 Å². The lowest BCUT2D eigenvalue weighted by Gasteiger charge is -1.95. The van der Waals surface area contributed by atoms with Gasteiger partial charge in [0.2, 0.25) is 5.91 Å². The number of aromatic nitrogens is 1. The van der Waals surface area contributed by atoms with E-state index in [2.05, 4.69) is 4.98 Å². The Morgan fingerprint density at radius 3 is 3.00 bits per heavy atom. The molecule has 2 N–H and O–H groups in total. The third kappa shape index (κ3) is 2.20. The number of hydrogen-bond donors (Lipinski definition) is 1. The summed E-state index contributed by atoms with van der Waals surface area (Å²) >= 11 is 0. The van der Waals surface area contributed by atoms with Crippen LogP contribution in [0.15, 0.2) is 24.5 Å². The molecule has 0 fully saturated rings. The topological polar surface area (TPSA) is 56.0 Å². The molecule has 0 spiro atoms. The molecule has 0 aliphatic carbocycles. The summed E-state index contributed by atoms with van der Waals surface area (Å²) in [6.07, 6.45) is 6.38. The molecule has 0 radical (unpaired) electrons. The monoisotopic (exact) mass is 162 g/mol. The zero-order chi connectivity index (χ0) is 8.97. The van der Waals surface area contributed by atoms with Crippen molar-refractivity contribution in [3.8, 4) is 0 Å². The van der Waals surface area contributed by atoms with Crippen molar-refractivity contribution in [1.82, 2.24) is 4.98 Å². The van der Waals surface area contributed by atoms with Crippen molar-refractivity contribution in [3.05, 3.63) is 35.7 Å². The molecule has 0 aromatic carbocycles. The fourth-order valence-corrected chi connectivity index (χ4v) is 0.823. The summed E-state index contributed by atoms with van der Waals surface area (Å²) in [6, 6.07) is 1.88. The van der Waals surface area contributed by atoms with E-state index in [1.165, 1.54) is 6.08 Å². The standard InChI is InChI=1S/C9H10N2O/c1-7-4-5-11-6-8(7)2-3-9(10)12/h2-6H,1H3,(H2,10,12). The van der Waals surface area contributed by atoms with Gasteiger partial charge in [-0.15, -0.1) is 0 Å². The third-order valence-corrected chi connectivity index (χ3v) is 1.51. The third-order valence-electron chi connectivity index (χ3n) is 1.51. The van der Waals surface area contributed by atoms with Crippen LogP contribution in [0.3, 0.4) is 0 Å². The van der Waals surface area contributed by atoms with Gasteiger partial charge in [-0.3, -0.25) is 9.78 Å². The van der Waals surface area contributed by atoms with Gasteiger partial charge in [-0.2, -0.15) is 0 Å². The molecule has 1 aromatic heterocycles. The highest BCUT2D eigenvalue weighted by atomic mass is 16.1. The maximum atomic E-state index is 10.4. The minimum Gasteiger partial charge on any atom is -0.366 e. The van der Waals surface area contributed by atoms with E-state index in [9.17, 15) is 4.79 Å². The van der Waals surface area contributed by atoms with Crippen molar-refractivity contribution in [2.75, 3.05) is 0 Å². The van der Waals surface area contributed by atoms with Crippen LogP contribution in [0.1, 0.15) is 11.1 Å². The van der Waals surface area contributed by atoms with E-state index in [4.69, 9.17) is 5.73 Å². The number of carbonyl (C=O) groups is 1. The van der Waals surface area contributed by atoms with Crippen molar-refractivity contribution in [2.45, 2.75) is 6.92 Å². The van der Waals surface area contributed by atoms with Gasteiger partial charge in [-0.1, -0.05) is 0 Å². The molecule has 1 heterocycles. The predicted octanol–water partition coefficient (Wildman–Crippen LogP) is 0.889. The van der Waals surface area contributed by atoms with Crippen LogP contribution >= 0.6 is 0 Å². The summed E-state index contributed by atoms with van der Waals surface area (Å²) in [4.78, 5) is 14.3. The SMILES string of the molecule is Cc1ccncc1C=CC(N)=O. The van der Waals surface area contributed by atoms with Crippen molar-refractivity contribution in [2.24, 2.45) is 5.73 Å². The average Bonchev–Trinajstić information content (AvgIpc) is 2.03. The molecule has 0 aliphatic heterocycles. The lowest BCUT2D eigenvalue weighted by atomic mass is 10.1. The summed E-state index contributed by atoms with van der Waals surface area (Å²) in [7, 11) is 0. The molecule has 12 heavy (non-hydrogen) atoms. The second-order valence-electron chi connectivity index (χ2n) is 2.47. The molecular weight excluding hydrogens is 152 g/mol. The fraction of sp³-hybridized carbons (Fsp3) is 0.111. The first-order valence-corrected chi connectivity index (χ1v) is 3.58. The van der Waals surface area contributed by atoms with Crippen molar-refractivity contribution < 1.29 is 4.79 Å². The first-order chi connectivity index (χ1) is 5.70. The largest absolute Gasteiger partial charge is 0.366 e. The van der Waals surface area contributed by atoms with Gasteiger partial charge >= 0.3 is 0 Å². The highest BCUT2D eigenvalue weighted by Gasteiger charge is 1.91. The van der Waals surface area contributed by atoms with Crippen LogP contribution < -0.4 is 5.73 Å². The average molecular weight is 162 g/mol. The summed E-state index contributed by atoms with van der Waals surface area (Å²) in [5.41, 5.74) is 6.93. The predicted molar refractivity (Wildman–Crippen MR) is 47.2 cm³/mol. The molecule has 0 saturated carbocycles. The molecule has 0 atom stereocenters. The molecule has 1 amide bonds. The van der Waals surface area contributed by atoms with Gasteiger partial charge in [-0.05, 0) is 30.2 Å². The van der Waals surface area contributed by atoms with Gasteiger partial charge in [0.25, 0.3) is 0 Å². The number of aryl methyl sites for hydroxylation is 1. The molecule has 0 saturated heterocycles. The maximum absolute atomic E-state index is 10.4. The smallest absolute Gasteiger partial charge is 0.241 e. The molecule has 62 valence electrons. The van der Waals surface area contributed by atoms with Crippen LogP contribution in [0.4, 0.5) is 0 Å². The van der Waals surface area contributed by atoms with E-state index in [0.717, 1.165) is 11.1 Å². The highest BCUT2D eigenvalue weighted by molar-refractivity contribution is 5.90. The Labute approximate surface area is 70.9 Å². The molecule has 1 aromatic rings. The van der Waals surface area contributed by atoms with Crippen LogP contribution in [-0.2, 0) is 4.79 Å². The van der Waals surface area contributed by atoms with Crippen LogP contribution in [0.5, 0.6) is 0 Å². The molecule has 3 nitrogen and oxygen atoms in total. The molecular formula is C9H10N2O. The van der Waals surface area contributed by atoms with E-state index >= 15 is 0 Å². The number of rotatable bonds is 2. The molecule has 0 bridgehead atoms. The van der Waals surface area contributed by atoms with E-state index < -0.39 is 5.91 Å². The first kappa shape index (κ1) is 8.46. The Hall–Kier alpha value is -1.64. The van der Waals surface area contributed by atoms with Crippen LogP contribution in [0.2, 0.25) is 0 Å². The molecule has 0 aliphatic rings. The van der Waals surface area contributed by atoms with Crippen LogP contribution in [-0.4, -0.2) is 10.9 Å². The summed E-state index contributed by atoms with van der Waals surface area (Å²) in [5.74, 6) is -0.446. The number of amides is 1. The second kappa shape index (κ2) is 3.67. The maximum Gasteiger partial charge on any atom is 0.241 e. The Kier molecular flexibility index (Phi) is 2.58. The highest BCUT2D eigenvalue weighted by Crippen LogP contribution is 2.06. The van der Waals surface area contributed by atoms with E-state index in [1.54, 1.807) is 18.5 Å². The second-order valence-corrected chi connectivity index (χ2v) is 2.47. The molecule has 0 unspecified atom stereocenters. The number of hydrogen-bond acceptors (Lipinski definition) is 2. The van der Waals surface area contributed by atoms with Gasteiger partial charge in [0, 0.05) is 18.5 Å².